The van der Waals surface area contributed by atoms with Gasteiger partial charge in [0.2, 0.25) is 0 Å². The summed E-state index contributed by atoms with van der Waals surface area (Å²) in [5, 5.41) is 0. The van der Waals surface area contributed by atoms with Crippen LogP contribution in [-0.4, -0.2) is 76.8 Å². The van der Waals surface area contributed by atoms with E-state index < -0.39 is 0 Å². The Morgan fingerprint density at radius 1 is 1.46 bits per heavy atom. The van der Waals surface area contributed by atoms with Crippen LogP contribution in [0.1, 0.15) is 0 Å². The first-order valence-electron chi connectivity index (χ1n) is 4.27. The molecule has 0 aliphatic carbocycles. The summed E-state index contributed by atoms with van der Waals surface area (Å²) >= 11 is 2.90. The Labute approximate surface area is 86.9 Å². The fourth-order valence-electron chi connectivity index (χ4n) is 0.939. The molecule has 0 amide bonds. The maximum atomic E-state index is 5.23. The van der Waals surface area contributed by atoms with Gasteiger partial charge in [0.1, 0.15) is 0 Å². The van der Waals surface area contributed by atoms with Crippen LogP contribution in [0, 0.1) is 0 Å². The van der Waals surface area contributed by atoms with Crippen molar-refractivity contribution in [1.29, 1.82) is 0 Å². The van der Waals surface area contributed by atoms with Gasteiger partial charge in [0.15, 0.2) is 0 Å². The first-order valence-corrected chi connectivity index (χ1v) is 5.13. The van der Waals surface area contributed by atoms with Gasteiger partial charge in [0, 0.05) is 0 Å². The van der Waals surface area contributed by atoms with Crippen LogP contribution in [0.25, 0.3) is 0 Å². The fraction of sp³-hybridized carbons (Fsp3) is 0.750. The van der Waals surface area contributed by atoms with Crippen molar-refractivity contribution in [2.24, 2.45) is 4.99 Å². The van der Waals surface area contributed by atoms with Crippen molar-refractivity contribution in [2.45, 2.75) is 0 Å². The minimum absolute atomic E-state index is 0.802. The molecule has 0 atom stereocenters. The van der Waals surface area contributed by atoms with Gasteiger partial charge in [-0.1, -0.05) is 0 Å². The van der Waals surface area contributed by atoms with Crippen molar-refractivity contribution in [3.63, 3.8) is 0 Å². The number of hydrogen-bond donors (Lipinski definition) is 0. The Balaban J connectivity index is 2.33. The van der Waals surface area contributed by atoms with E-state index in [0.717, 1.165) is 31.0 Å². The minimum atomic E-state index is 0.802. The fourth-order valence-corrected chi connectivity index (χ4v) is 1.04. The summed E-state index contributed by atoms with van der Waals surface area (Å²) in [4.78, 5) is 8.38. The number of nitrogens with zero attached hydrogens (tertiary/aromatic N) is 3. The van der Waals surface area contributed by atoms with Gasteiger partial charge < -0.3 is 0 Å². The number of morpholine rings is 1. The predicted molar refractivity (Wildman–Crippen MR) is 55.3 cm³/mol. The SMILES string of the molecule is CN(C)C(=[Se])N=CN1CCOCC1. The van der Waals surface area contributed by atoms with E-state index in [1.54, 1.807) is 0 Å². The van der Waals surface area contributed by atoms with Crippen LogP contribution in [0.3, 0.4) is 0 Å². The molecule has 1 heterocycles. The molecule has 0 aromatic rings. The quantitative estimate of drug-likeness (QED) is 0.370. The molecule has 0 radical (unpaired) electrons. The molecule has 74 valence electrons. The molecule has 0 bridgehead atoms. The van der Waals surface area contributed by atoms with Crippen LogP contribution in [0.2, 0.25) is 0 Å². The molecule has 4 nitrogen and oxygen atoms in total. The molecular weight excluding hydrogens is 233 g/mol. The Morgan fingerprint density at radius 2 is 2.08 bits per heavy atom. The third-order valence-electron chi connectivity index (χ3n) is 1.76. The van der Waals surface area contributed by atoms with Crippen LogP contribution in [-0.2, 0) is 4.74 Å². The van der Waals surface area contributed by atoms with Crippen LogP contribution in [0.4, 0.5) is 0 Å². The van der Waals surface area contributed by atoms with Crippen molar-refractivity contribution in [3.05, 3.63) is 0 Å². The predicted octanol–water partition coefficient (Wildman–Crippen LogP) is -0.836. The molecule has 0 aromatic carbocycles. The second kappa shape index (κ2) is 5.37. The van der Waals surface area contributed by atoms with E-state index in [4.69, 9.17) is 4.74 Å². The van der Waals surface area contributed by atoms with Crippen LogP contribution < -0.4 is 0 Å². The zero-order valence-electron chi connectivity index (χ0n) is 8.06. The maximum absolute atomic E-state index is 5.23. The first-order chi connectivity index (χ1) is 6.20. The summed E-state index contributed by atoms with van der Waals surface area (Å²) in [6, 6.07) is 0. The second-order valence-electron chi connectivity index (χ2n) is 3.07. The number of rotatable bonds is 3. The van der Waals surface area contributed by atoms with Crippen molar-refractivity contribution < 1.29 is 4.74 Å². The molecule has 0 aromatic heterocycles. The number of ether oxygens (including phenoxy) is 1. The number of aliphatic imine (C=N–C) groups is 1. The van der Waals surface area contributed by atoms with Gasteiger partial charge in [0.05, 0.1) is 0 Å². The monoisotopic (exact) mass is 249 g/mol. The molecule has 13 heavy (non-hydrogen) atoms. The topological polar surface area (TPSA) is 28.1 Å². The van der Waals surface area contributed by atoms with Crippen molar-refractivity contribution in [3.8, 4) is 0 Å². The van der Waals surface area contributed by atoms with E-state index in [1.807, 2.05) is 25.3 Å². The summed E-state index contributed by atoms with van der Waals surface area (Å²) in [6.45, 7) is 3.47. The molecular formula is C8H15N3OSe. The standard InChI is InChI=1S/C8H15N3OSe/c1-10(2)8(13)9-7-11-3-5-12-6-4-11/h7H,3-6H2,1-2H3. The van der Waals surface area contributed by atoms with E-state index in [2.05, 4.69) is 25.5 Å². The Bertz CT molecular complexity index is 200. The third kappa shape index (κ3) is 3.89. The average Bonchev–Trinajstić information content (AvgIpc) is 2.15. The molecule has 1 aliphatic rings. The number of hydrogen-bond acceptors (Lipinski definition) is 3. The van der Waals surface area contributed by atoms with Crippen LogP contribution in [0.5, 0.6) is 0 Å². The molecule has 1 aliphatic heterocycles. The second-order valence-corrected chi connectivity index (χ2v) is 3.84. The summed E-state index contributed by atoms with van der Waals surface area (Å²) in [6.07, 6.45) is 1.87. The summed E-state index contributed by atoms with van der Waals surface area (Å²) in [5.41, 5.74) is 0. The molecule has 0 saturated carbocycles. The molecule has 1 fully saturated rings. The molecule has 0 unspecified atom stereocenters. The van der Waals surface area contributed by atoms with E-state index in [1.165, 1.54) is 0 Å². The van der Waals surface area contributed by atoms with Crippen LogP contribution >= 0.6 is 0 Å². The zero-order valence-corrected chi connectivity index (χ0v) is 9.78. The van der Waals surface area contributed by atoms with Crippen molar-refractivity contribution in [1.82, 2.24) is 9.80 Å². The van der Waals surface area contributed by atoms with Gasteiger partial charge in [-0.15, -0.1) is 0 Å². The summed E-state index contributed by atoms with van der Waals surface area (Å²) in [7, 11) is 3.92. The molecule has 0 N–H and O–H groups in total. The Morgan fingerprint density at radius 3 is 2.62 bits per heavy atom. The van der Waals surface area contributed by atoms with Gasteiger partial charge in [-0.2, -0.15) is 0 Å². The van der Waals surface area contributed by atoms with E-state index in [0.29, 0.717) is 0 Å². The Hall–Kier alpha value is -0.381. The molecule has 1 saturated heterocycles. The van der Waals surface area contributed by atoms with Gasteiger partial charge >= 0.3 is 86.5 Å². The van der Waals surface area contributed by atoms with Gasteiger partial charge in [0.25, 0.3) is 0 Å². The normalized spacial score (nSPS) is 17.8. The van der Waals surface area contributed by atoms with Crippen molar-refractivity contribution in [2.75, 3.05) is 40.4 Å². The molecule has 0 spiro atoms. The third-order valence-corrected chi connectivity index (χ3v) is 2.75. The van der Waals surface area contributed by atoms with E-state index in [-0.39, 0.29) is 0 Å². The van der Waals surface area contributed by atoms with Gasteiger partial charge in [-0.25, -0.2) is 0 Å². The summed E-state index contributed by atoms with van der Waals surface area (Å²) < 4.78 is 6.12. The van der Waals surface area contributed by atoms with E-state index >= 15 is 0 Å². The first kappa shape index (κ1) is 10.7. The summed E-state index contributed by atoms with van der Waals surface area (Å²) in [5.74, 6) is 0. The Kier molecular flexibility index (Phi) is 4.42. The van der Waals surface area contributed by atoms with Gasteiger partial charge in [-0.05, 0) is 0 Å². The van der Waals surface area contributed by atoms with E-state index in [9.17, 15) is 0 Å². The van der Waals surface area contributed by atoms with Crippen LogP contribution in [0.15, 0.2) is 4.99 Å². The van der Waals surface area contributed by atoms with Crippen molar-refractivity contribution >= 4 is 26.6 Å². The zero-order chi connectivity index (χ0) is 9.68. The average molecular weight is 248 g/mol. The van der Waals surface area contributed by atoms with Gasteiger partial charge in [-0.3, -0.25) is 0 Å². The molecule has 1 rings (SSSR count). The molecule has 5 heteroatoms.